The number of nitrogens with one attached hydrogen (secondary N) is 1. The van der Waals surface area contributed by atoms with Gasteiger partial charge >= 0.3 is 6.03 Å². The SMILES string of the molecule is COc1cc(OC)c(NC(=O)N2CCN3CCCCC3C2)cc1Cl. The lowest BCUT2D eigenvalue weighted by atomic mass is 10.00. The van der Waals surface area contributed by atoms with E-state index in [0.29, 0.717) is 28.3 Å². The maximum absolute atomic E-state index is 12.6. The van der Waals surface area contributed by atoms with E-state index in [-0.39, 0.29) is 6.03 Å². The summed E-state index contributed by atoms with van der Waals surface area (Å²) in [6, 6.07) is 3.71. The molecule has 7 heteroatoms. The number of hydrogen-bond acceptors (Lipinski definition) is 4. The summed E-state index contributed by atoms with van der Waals surface area (Å²) in [5.41, 5.74) is 0.555. The van der Waals surface area contributed by atoms with Gasteiger partial charge in [0.05, 0.1) is 24.9 Å². The first-order valence-corrected chi connectivity index (χ1v) is 8.71. The van der Waals surface area contributed by atoms with Crippen molar-refractivity contribution in [1.29, 1.82) is 0 Å². The van der Waals surface area contributed by atoms with E-state index in [1.165, 1.54) is 19.3 Å². The molecule has 1 aromatic rings. The Labute approximate surface area is 147 Å². The number of nitrogens with zero attached hydrogens (tertiary/aromatic N) is 2. The summed E-state index contributed by atoms with van der Waals surface area (Å²) in [6.45, 7) is 3.62. The molecule has 0 radical (unpaired) electrons. The average Bonchev–Trinajstić information content (AvgIpc) is 2.61. The Morgan fingerprint density at radius 3 is 2.71 bits per heavy atom. The number of methoxy groups -OCH3 is 2. The van der Waals surface area contributed by atoms with E-state index in [2.05, 4.69) is 10.2 Å². The fraction of sp³-hybridized carbons (Fsp3) is 0.588. The summed E-state index contributed by atoms with van der Waals surface area (Å²) in [5, 5.41) is 3.36. The molecule has 2 aliphatic rings. The average molecular weight is 354 g/mol. The Bertz CT molecular complexity index is 611. The lowest BCUT2D eigenvalue weighted by Gasteiger charge is -2.43. The number of amides is 2. The zero-order chi connectivity index (χ0) is 17.1. The maximum Gasteiger partial charge on any atom is 0.322 e. The van der Waals surface area contributed by atoms with Crippen molar-refractivity contribution in [3.8, 4) is 11.5 Å². The molecule has 1 N–H and O–H groups in total. The van der Waals surface area contributed by atoms with E-state index in [0.717, 1.165) is 26.2 Å². The Morgan fingerprint density at radius 2 is 1.96 bits per heavy atom. The van der Waals surface area contributed by atoms with Gasteiger partial charge in [-0.2, -0.15) is 0 Å². The van der Waals surface area contributed by atoms with E-state index < -0.39 is 0 Å². The highest BCUT2D eigenvalue weighted by molar-refractivity contribution is 6.32. The molecule has 1 atom stereocenters. The quantitative estimate of drug-likeness (QED) is 0.907. The first-order valence-electron chi connectivity index (χ1n) is 8.34. The van der Waals surface area contributed by atoms with Gasteiger partial charge in [0.15, 0.2) is 0 Å². The van der Waals surface area contributed by atoms with E-state index in [9.17, 15) is 4.79 Å². The smallest absolute Gasteiger partial charge is 0.322 e. The Hall–Kier alpha value is -1.66. The van der Waals surface area contributed by atoms with Crippen LogP contribution >= 0.6 is 11.6 Å². The Kier molecular flexibility index (Phi) is 5.36. The van der Waals surface area contributed by atoms with Crippen LogP contribution in [0.2, 0.25) is 5.02 Å². The van der Waals surface area contributed by atoms with Crippen LogP contribution in [-0.2, 0) is 0 Å². The highest BCUT2D eigenvalue weighted by Gasteiger charge is 2.31. The van der Waals surface area contributed by atoms with Crippen LogP contribution in [0.25, 0.3) is 0 Å². The highest BCUT2D eigenvalue weighted by Crippen LogP contribution is 2.36. The fourth-order valence-corrected chi connectivity index (χ4v) is 3.73. The second-order valence-corrected chi connectivity index (χ2v) is 6.66. The molecule has 1 aromatic carbocycles. The predicted octanol–water partition coefficient (Wildman–Crippen LogP) is 3.06. The zero-order valence-electron chi connectivity index (χ0n) is 14.2. The molecule has 6 nitrogen and oxygen atoms in total. The van der Waals surface area contributed by atoms with Gasteiger partial charge in [0, 0.05) is 31.7 Å². The van der Waals surface area contributed by atoms with Crippen LogP contribution in [0.4, 0.5) is 10.5 Å². The molecule has 2 amide bonds. The minimum absolute atomic E-state index is 0.111. The number of anilines is 1. The van der Waals surface area contributed by atoms with Crippen LogP contribution in [0.15, 0.2) is 12.1 Å². The summed E-state index contributed by atoms with van der Waals surface area (Å²) in [4.78, 5) is 17.0. The molecule has 1 unspecified atom stereocenters. The van der Waals surface area contributed by atoms with Gasteiger partial charge in [-0.3, -0.25) is 4.90 Å². The number of piperidine rings is 1. The molecular weight excluding hydrogens is 330 g/mol. The van der Waals surface area contributed by atoms with Crippen molar-refractivity contribution >= 4 is 23.3 Å². The maximum atomic E-state index is 12.6. The van der Waals surface area contributed by atoms with Crippen molar-refractivity contribution in [2.45, 2.75) is 25.3 Å². The summed E-state index contributed by atoms with van der Waals surface area (Å²) >= 11 is 6.17. The van der Waals surface area contributed by atoms with Crippen molar-refractivity contribution in [3.63, 3.8) is 0 Å². The van der Waals surface area contributed by atoms with Crippen LogP contribution in [0.3, 0.4) is 0 Å². The molecule has 0 aromatic heterocycles. The van der Waals surface area contributed by atoms with Crippen molar-refractivity contribution in [2.75, 3.05) is 45.7 Å². The van der Waals surface area contributed by atoms with Crippen LogP contribution < -0.4 is 14.8 Å². The highest BCUT2D eigenvalue weighted by atomic mass is 35.5. The summed E-state index contributed by atoms with van der Waals surface area (Å²) < 4.78 is 10.5. The Balaban J connectivity index is 1.69. The van der Waals surface area contributed by atoms with E-state index in [1.54, 1.807) is 26.4 Å². The zero-order valence-corrected chi connectivity index (χ0v) is 14.9. The summed E-state index contributed by atoms with van der Waals surface area (Å²) in [6.07, 6.45) is 3.68. The number of rotatable bonds is 3. The molecule has 2 fully saturated rings. The number of hydrogen-bond donors (Lipinski definition) is 1. The first-order chi connectivity index (χ1) is 11.6. The third-order valence-corrected chi connectivity index (χ3v) is 5.14. The second kappa shape index (κ2) is 7.49. The topological polar surface area (TPSA) is 54.0 Å². The number of urea groups is 1. The van der Waals surface area contributed by atoms with Gasteiger partial charge in [-0.1, -0.05) is 18.0 Å². The van der Waals surface area contributed by atoms with Gasteiger partial charge in [0.25, 0.3) is 0 Å². The minimum atomic E-state index is -0.111. The van der Waals surface area contributed by atoms with Gasteiger partial charge in [-0.25, -0.2) is 4.79 Å². The third-order valence-electron chi connectivity index (χ3n) is 4.84. The van der Waals surface area contributed by atoms with Gasteiger partial charge in [-0.15, -0.1) is 0 Å². The predicted molar refractivity (Wildman–Crippen MR) is 94.4 cm³/mol. The minimum Gasteiger partial charge on any atom is -0.495 e. The van der Waals surface area contributed by atoms with Gasteiger partial charge in [-0.05, 0) is 25.5 Å². The van der Waals surface area contributed by atoms with E-state index in [1.807, 2.05) is 4.90 Å². The van der Waals surface area contributed by atoms with Crippen molar-refractivity contribution in [2.24, 2.45) is 0 Å². The van der Waals surface area contributed by atoms with E-state index in [4.69, 9.17) is 21.1 Å². The fourth-order valence-electron chi connectivity index (χ4n) is 3.49. The molecule has 0 aliphatic carbocycles. The number of ether oxygens (including phenoxy) is 2. The third kappa shape index (κ3) is 3.54. The molecular formula is C17H24ClN3O3. The van der Waals surface area contributed by atoms with Gasteiger partial charge in [0.2, 0.25) is 0 Å². The normalized spacial score (nSPS) is 21.1. The largest absolute Gasteiger partial charge is 0.495 e. The number of fused-ring (bicyclic) bond motifs is 1. The van der Waals surface area contributed by atoms with Crippen LogP contribution in [-0.4, -0.2) is 62.3 Å². The van der Waals surface area contributed by atoms with E-state index >= 15 is 0 Å². The molecule has 2 heterocycles. The number of benzene rings is 1. The molecule has 0 bridgehead atoms. The van der Waals surface area contributed by atoms with Crippen molar-refractivity contribution < 1.29 is 14.3 Å². The number of halogens is 1. The molecule has 3 rings (SSSR count). The molecule has 2 saturated heterocycles. The van der Waals surface area contributed by atoms with Crippen molar-refractivity contribution in [1.82, 2.24) is 9.80 Å². The van der Waals surface area contributed by atoms with Gasteiger partial charge in [0.1, 0.15) is 11.5 Å². The van der Waals surface area contributed by atoms with Crippen molar-refractivity contribution in [3.05, 3.63) is 17.2 Å². The number of carbonyl (C=O) groups excluding carboxylic acids is 1. The Morgan fingerprint density at radius 1 is 1.17 bits per heavy atom. The monoisotopic (exact) mass is 353 g/mol. The molecule has 0 saturated carbocycles. The lowest BCUT2D eigenvalue weighted by Crippen LogP contribution is -2.56. The van der Waals surface area contributed by atoms with Crippen LogP contribution in [0.1, 0.15) is 19.3 Å². The number of piperazine rings is 1. The molecule has 132 valence electrons. The summed E-state index contributed by atoms with van der Waals surface area (Å²) in [7, 11) is 3.10. The summed E-state index contributed by atoms with van der Waals surface area (Å²) in [5.74, 6) is 1.04. The second-order valence-electron chi connectivity index (χ2n) is 6.25. The molecule has 2 aliphatic heterocycles. The van der Waals surface area contributed by atoms with Crippen LogP contribution in [0, 0.1) is 0 Å². The van der Waals surface area contributed by atoms with Gasteiger partial charge < -0.3 is 19.7 Å². The molecule has 0 spiro atoms. The standard InChI is InChI=1S/C17H24ClN3O3/c1-23-15-10-16(24-2)14(9-13(15)18)19-17(22)21-8-7-20-6-4-3-5-12(20)11-21/h9-10,12H,3-8,11H2,1-2H3,(H,19,22). The van der Waals surface area contributed by atoms with Crippen LogP contribution in [0.5, 0.6) is 11.5 Å². The first kappa shape index (κ1) is 17.2. The number of carbonyl (C=O) groups is 1. The molecule has 24 heavy (non-hydrogen) atoms. The lowest BCUT2D eigenvalue weighted by molar-refractivity contribution is 0.0678.